The summed E-state index contributed by atoms with van der Waals surface area (Å²) < 4.78 is 9.57. The Morgan fingerprint density at radius 3 is 2.10 bits per heavy atom. The van der Waals surface area contributed by atoms with Gasteiger partial charge in [0.25, 0.3) is 5.91 Å². The number of hydrogen-bond acceptors (Lipinski definition) is 6. The summed E-state index contributed by atoms with van der Waals surface area (Å²) >= 11 is 1.32. The smallest absolute Gasteiger partial charge is 0.340 e. The number of rotatable bonds is 7. The first-order chi connectivity index (χ1) is 10.0. The van der Waals surface area contributed by atoms with Crippen molar-refractivity contribution in [2.24, 2.45) is 0 Å². The minimum absolute atomic E-state index is 0.115. The third-order valence-electron chi connectivity index (χ3n) is 2.55. The molecule has 0 aliphatic carbocycles. The maximum Gasteiger partial charge on any atom is 0.340 e. The third kappa shape index (κ3) is 4.86. The van der Waals surface area contributed by atoms with Gasteiger partial charge in [-0.2, -0.15) is 0 Å². The maximum atomic E-state index is 12.1. The number of carbonyl (C=O) groups is 3. The molecule has 0 bridgehead atoms. The third-order valence-corrected chi connectivity index (χ3v) is 3.78. The highest BCUT2D eigenvalue weighted by Crippen LogP contribution is 2.17. The van der Waals surface area contributed by atoms with E-state index in [-0.39, 0.29) is 13.2 Å². The van der Waals surface area contributed by atoms with Crippen LogP contribution >= 0.6 is 11.3 Å². The number of aryl methyl sites for hydroxylation is 1. The van der Waals surface area contributed by atoms with Crippen molar-refractivity contribution in [3.05, 3.63) is 21.9 Å². The first-order valence-corrected chi connectivity index (χ1v) is 7.57. The van der Waals surface area contributed by atoms with E-state index in [4.69, 9.17) is 9.47 Å². The van der Waals surface area contributed by atoms with E-state index in [1.165, 1.54) is 11.3 Å². The number of thiophene rings is 1. The van der Waals surface area contributed by atoms with Crippen molar-refractivity contribution >= 4 is 29.2 Å². The molecule has 0 atom stereocenters. The van der Waals surface area contributed by atoms with Crippen molar-refractivity contribution in [1.82, 2.24) is 5.32 Å². The van der Waals surface area contributed by atoms with Gasteiger partial charge in [-0.05, 0) is 32.4 Å². The lowest BCUT2D eigenvalue weighted by Gasteiger charge is -2.15. The van der Waals surface area contributed by atoms with Crippen molar-refractivity contribution in [3.63, 3.8) is 0 Å². The summed E-state index contributed by atoms with van der Waals surface area (Å²) in [5, 5.41) is 2.36. The molecule has 0 saturated heterocycles. The molecule has 7 heteroatoms. The van der Waals surface area contributed by atoms with E-state index in [2.05, 4.69) is 5.32 Å². The number of ether oxygens (including phenoxy) is 2. The van der Waals surface area contributed by atoms with Gasteiger partial charge in [0.1, 0.15) is 0 Å². The molecule has 0 aliphatic rings. The molecule has 1 aromatic heterocycles. The van der Waals surface area contributed by atoms with Crippen molar-refractivity contribution in [2.75, 3.05) is 13.2 Å². The Morgan fingerprint density at radius 1 is 1.10 bits per heavy atom. The lowest BCUT2D eigenvalue weighted by atomic mass is 10.3. The van der Waals surface area contributed by atoms with Crippen LogP contribution in [0.5, 0.6) is 0 Å². The van der Waals surface area contributed by atoms with Crippen LogP contribution < -0.4 is 5.32 Å². The molecule has 1 N–H and O–H groups in total. The summed E-state index contributed by atoms with van der Waals surface area (Å²) in [6.45, 7) is 5.45. The number of hydrogen-bond donors (Lipinski definition) is 1. The highest BCUT2D eigenvalue weighted by Gasteiger charge is 2.31. The summed E-state index contributed by atoms with van der Waals surface area (Å²) in [5.74, 6) is -2.14. The van der Waals surface area contributed by atoms with Crippen molar-refractivity contribution < 1.29 is 23.9 Å². The zero-order valence-electron chi connectivity index (χ0n) is 12.3. The first kappa shape index (κ1) is 17.2. The van der Waals surface area contributed by atoms with Gasteiger partial charge in [0, 0.05) is 4.88 Å². The normalized spacial score (nSPS) is 10.3. The molecule has 0 fully saturated rings. The molecule has 0 saturated carbocycles. The average Bonchev–Trinajstić information content (AvgIpc) is 2.93. The SMILES string of the molecule is CCOC(=O)C(NC(=O)c1ccc(CC)s1)C(=O)OCC. The first-order valence-electron chi connectivity index (χ1n) is 6.76. The summed E-state index contributed by atoms with van der Waals surface area (Å²) in [5.41, 5.74) is 0. The minimum Gasteiger partial charge on any atom is -0.464 e. The van der Waals surface area contributed by atoms with E-state index in [1.807, 2.05) is 13.0 Å². The fraction of sp³-hybridized carbons (Fsp3) is 0.500. The Balaban J connectivity index is 2.81. The van der Waals surface area contributed by atoms with Gasteiger partial charge in [-0.15, -0.1) is 11.3 Å². The van der Waals surface area contributed by atoms with Crippen LogP contribution in [0.4, 0.5) is 0 Å². The highest BCUT2D eigenvalue weighted by molar-refractivity contribution is 7.14. The molecule has 0 radical (unpaired) electrons. The molecule has 1 heterocycles. The number of esters is 2. The van der Waals surface area contributed by atoms with Crippen LogP contribution in [-0.2, 0) is 25.5 Å². The summed E-state index contributed by atoms with van der Waals surface area (Å²) in [4.78, 5) is 37.1. The Morgan fingerprint density at radius 2 is 1.67 bits per heavy atom. The molecule has 21 heavy (non-hydrogen) atoms. The molecule has 1 amide bonds. The van der Waals surface area contributed by atoms with Crippen molar-refractivity contribution in [1.29, 1.82) is 0 Å². The average molecular weight is 313 g/mol. The van der Waals surface area contributed by atoms with Crippen molar-refractivity contribution in [2.45, 2.75) is 33.2 Å². The molecule has 1 aromatic rings. The van der Waals surface area contributed by atoms with E-state index in [0.29, 0.717) is 4.88 Å². The highest BCUT2D eigenvalue weighted by atomic mass is 32.1. The number of carbonyl (C=O) groups excluding carboxylic acids is 3. The topological polar surface area (TPSA) is 81.7 Å². The molecule has 0 spiro atoms. The van der Waals surface area contributed by atoms with E-state index >= 15 is 0 Å². The van der Waals surface area contributed by atoms with Gasteiger partial charge in [0.2, 0.25) is 6.04 Å². The zero-order chi connectivity index (χ0) is 15.8. The molecule has 0 aromatic carbocycles. The van der Waals surface area contributed by atoms with Crippen LogP contribution in [-0.4, -0.2) is 37.1 Å². The fourth-order valence-electron chi connectivity index (χ4n) is 1.56. The Kier molecular flexibility index (Phi) is 6.87. The van der Waals surface area contributed by atoms with E-state index in [0.717, 1.165) is 11.3 Å². The largest absolute Gasteiger partial charge is 0.464 e. The Hall–Kier alpha value is -1.89. The van der Waals surface area contributed by atoms with E-state index in [1.54, 1.807) is 19.9 Å². The lowest BCUT2D eigenvalue weighted by molar-refractivity contribution is -0.157. The van der Waals surface area contributed by atoms with Crippen molar-refractivity contribution in [3.8, 4) is 0 Å². The molecule has 6 nitrogen and oxygen atoms in total. The lowest BCUT2D eigenvalue weighted by Crippen LogP contribution is -2.48. The van der Waals surface area contributed by atoms with Crippen LogP contribution in [0.15, 0.2) is 12.1 Å². The van der Waals surface area contributed by atoms with Crippen LogP contribution in [0, 0.1) is 0 Å². The van der Waals surface area contributed by atoms with Crippen LogP contribution in [0.25, 0.3) is 0 Å². The summed E-state index contributed by atoms with van der Waals surface area (Å²) in [7, 11) is 0. The van der Waals surface area contributed by atoms with Crippen LogP contribution in [0.2, 0.25) is 0 Å². The molecular formula is C14H19NO5S. The molecule has 0 aliphatic heterocycles. The van der Waals surface area contributed by atoms with Gasteiger partial charge >= 0.3 is 11.9 Å². The second-order valence-electron chi connectivity index (χ2n) is 4.03. The van der Waals surface area contributed by atoms with Gasteiger partial charge in [-0.25, -0.2) is 9.59 Å². The predicted octanol–water partition coefficient (Wildman–Crippen LogP) is 1.54. The number of nitrogens with one attached hydrogen (secondary N) is 1. The summed E-state index contributed by atoms with van der Waals surface area (Å²) in [6, 6.07) is 2.06. The van der Waals surface area contributed by atoms with E-state index in [9.17, 15) is 14.4 Å². The molecule has 0 unspecified atom stereocenters. The second-order valence-corrected chi connectivity index (χ2v) is 5.20. The standard InChI is InChI=1S/C14H19NO5S/c1-4-9-7-8-10(21-9)12(16)15-11(13(17)19-5-2)14(18)20-6-3/h7-8,11H,4-6H2,1-3H3,(H,15,16). The van der Waals surface area contributed by atoms with Crippen LogP contribution in [0.1, 0.15) is 35.3 Å². The number of amides is 1. The molecule has 1 rings (SSSR count). The Bertz CT molecular complexity index is 493. The molecular weight excluding hydrogens is 294 g/mol. The fourth-order valence-corrected chi connectivity index (χ4v) is 2.41. The predicted molar refractivity (Wildman–Crippen MR) is 78.2 cm³/mol. The van der Waals surface area contributed by atoms with Gasteiger partial charge in [-0.1, -0.05) is 6.92 Å². The van der Waals surface area contributed by atoms with Gasteiger partial charge < -0.3 is 14.8 Å². The summed E-state index contributed by atoms with van der Waals surface area (Å²) in [6.07, 6.45) is 0.817. The second kappa shape index (κ2) is 8.41. The van der Waals surface area contributed by atoms with E-state index < -0.39 is 23.9 Å². The van der Waals surface area contributed by atoms with Crippen LogP contribution in [0.3, 0.4) is 0 Å². The van der Waals surface area contributed by atoms with Gasteiger partial charge in [0.05, 0.1) is 18.1 Å². The zero-order valence-corrected chi connectivity index (χ0v) is 13.1. The van der Waals surface area contributed by atoms with Gasteiger partial charge in [-0.3, -0.25) is 4.79 Å². The Labute approximate surface area is 127 Å². The maximum absolute atomic E-state index is 12.1. The minimum atomic E-state index is -1.44. The quantitative estimate of drug-likeness (QED) is 0.610. The van der Waals surface area contributed by atoms with Gasteiger partial charge in [0.15, 0.2) is 0 Å². The molecule has 116 valence electrons. The monoisotopic (exact) mass is 313 g/mol.